The maximum atomic E-state index is 12.5. The number of carbonyl (C=O) groups excluding carboxylic acids is 1. The molecule has 0 aromatic carbocycles. The zero-order valence-electron chi connectivity index (χ0n) is 54.2. The van der Waals surface area contributed by atoms with Crippen LogP contribution in [-0.4, -0.2) is 34.9 Å². The molecule has 2 atom stereocenters. The van der Waals surface area contributed by atoms with Crippen LogP contribution >= 0.6 is 0 Å². The zero-order valence-corrected chi connectivity index (χ0v) is 54.2. The lowest BCUT2D eigenvalue weighted by atomic mass is 10.0. The van der Waals surface area contributed by atoms with Gasteiger partial charge in [-0.3, -0.25) is 4.79 Å². The number of nitrogens with one attached hydrogen (secondary N) is 1. The average Bonchev–Trinajstić information content (AvgIpc) is 3.50. The Hall–Kier alpha value is -3.47. The van der Waals surface area contributed by atoms with Crippen LogP contribution in [0.5, 0.6) is 0 Å². The highest BCUT2D eigenvalue weighted by atomic mass is 16.3. The molecule has 0 fully saturated rings. The Bertz CT molecular complexity index is 1620. The van der Waals surface area contributed by atoms with Crippen LogP contribution in [0.25, 0.3) is 0 Å². The standard InChI is InChI=1S/C78H135NO3/c1-3-5-7-9-11-13-15-17-19-21-23-25-27-29-31-33-34-35-36-37-38-39-40-41-42-43-44-46-48-50-52-54-56-58-60-62-64-66-68-70-72-74-78(82)79-76(75-80)77(81)73-71-69-67-65-63-61-59-57-55-53-51-49-47-45-32-30-28-26-24-22-20-18-16-14-12-10-8-6-4-2/h5,7,11,13,17,19,23,25,29,31,34-35,37-38,40-41,43-44,63,65,71,73,76-77,80-81H,3-4,6,8-10,12,14-16,18,20-22,24,26-28,30,32-33,36,39,42,45-62,64,66-70,72,74-75H2,1-2H3,(H,79,82)/b7-5-,13-11-,19-17-,25-23-,31-29-,35-34-,38-37-,41-40-,44-43-,65-63+,73-71+. The number of carbonyl (C=O) groups is 1. The van der Waals surface area contributed by atoms with E-state index in [1.807, 2.05) is 6.08 Å². The van der Waals surface area contributed by atoms with Gasteiger partial charge >= 0.3 is 0 Å². The Morgan fingerprint density at radius 3 is 0.854 bits per heavy atom. The summed E-state index contributed by atoms with van der Waals surface area (Å²) in [5.41, 5.74) is 0. The third kappa shape index (κ3) is 67.3. The molecule has 0 aliphatic rings. The average molecular weight is 1130 g/mol. The van der Waals surface area contributed by atoms with Crippen molar-refractivity contribution in [3.05, 3.63) is 134 Å². The molecule has 3 N–H and O–H groups in total. The third-order valence-electron chi connectivity index (χ3n) is 15.6. The second-order valence-corrected chi connectivity index (χ2v) is 23.6. The highest BCUT2D eigenvalue weighted by molar-refractivity contribution is 5.76. The van der Waals surface area contributed by atoms with E-state index in [-0.39, 0.29) is 12.5 Å². The Balaban J connectivity index is 3.55. The number of hydrogen-bond acceptors (Lipinski definition) is 3. The highest BCUT2D eigenvalue weighted by Gasteiger charge is 2.18. The second-order valence-electron chi connectivity index (χ2n) is 23.6. The molecule has 0 spiro atoms. The number of hydrogen-bond donors (Lipinski definition) is 3. The molecule has 2 unspecified atom stereocenters. The van der Waals surface area contributed by atoms with Crippen molar-refractivity contribution < 1.29 is 15.0 Å². The van der Waals surface area contributed by atoms with E-state index in [2.05, 4.69) is 141 Å². The predicted molar refractivity (Wildman–Crippen MR) is 368 cm³/mol. The van der Waals surface area contributed by atoms with Crippen molar-refractivity contribution in [2.45, 2.75) is 347 Å². The summed E-state index contributed by atoms with van der Waals surface area (Å²) in [5.74, 6) is -0.0762. The van der Waals surface area contributed by atoms with Gasteiger partial charge in [0, 0.05) is 6.42 Å². The number of allylic oxidation sites excluding steroid dienone is 21. The van der Waals surface area contributed by atoms with E-state index in [0.29, 0.717) is 6.42 Å². The number of aliphatic hydroxyl groups is 2. The normalized spacial score (nSPS) is 13.6. The van der Waals surface area contributed by atoms with E-state index in [1.165, 1.54) is 225 Å². The summed E-state index contributed by atoms with van der Waals surface area (Å²) in [7, 11) is 0. The molecule has 0 aromatic heterocycles. The van der Waals surface area contributed by atoms with Gasteiger partial charge in [0.1, 0.15) is 0 Å². The lowest BCUT2D eigenvalue weighted by molar-refractivity contribution is -0.123. The summed E-state index contributed by atoms with van der Waals surface area (Å²) in [6.45, 7) is 4.20. The van der Waals surface area contributed by atoms with E-state index < -0.39 is 12.1 Å². The van der Waals surface area contributed by atoms with E-state index in [1.54, 1.807) is 6.08 Å². The molecule has 0 heterocycles. The quantitative estimate of drug-likeness (QED) is 0.0420. The summed E-state index contributed by atoms with van der Waals surface area (Å²) in [6, 6.07) is -0.649. The molecule has 0 aliphatic heterocycles. The van der Waals surface area contributed by atoms with Gasteiger partial charge in [-0.15, -0.1) is 0 Å². The van der Waals surface area contributed by atoms with E-state index >= 15 is 0 Å². The SMILES string of the molecule is CC/C=C\C/C=C\C/C=C\C/C=C\C/C=C\C/C=C\C/C=C\C/C=C\C/C=C\CCCCCCCCCCCCCCCC(=O)NC(CO)C(O)/C=C/CC/C=C/CCCCCCCCCCCCCCCCCCCCCCCCC. The van der Waals surface area contributed by atoms with E-state index in [0.717, 1.165) is 89.9 Å². The first-order valence-electron chi connectivity index (χ1n) is 35.4. The van der Waals surface area contributed by atoms with Gasteiger partial charge in [0.2, 0.25) is 5.91 Å². The molecule has 1 amide bonds. The van der Waals surface area contributed by atoms with E-state index in [4.69, 9.17) is 0 Å². The van der Waals surface area contributed by atoms with Crippen LogP contribution in [0.15, 0.2) is 134 Å². The molecular weight excluding hydrogens is 999 g/mol. The van der Waals surface area contributed by atoms with E-state index in [9.17, 15) is 15.0 Å². The van der Waals surface area contributed by atoms with Crippen LogP contribution in [0.2, 0.25) is 0 Å². The highest BCUT2D eigenvalue weighted by Crippen LogP contribution is 2.17. The van der Waals surface area contributed by atoms with Crippen LogP contribution < -0.4 is 5.32 Å². The van der Waals surface area contributed by atoms with Crippen molar-refractivity contribution in [1.29, 1.82) is 0 Å². The number of unbranched alkanes of at least 4 members (excludes halogenated alkanes) is 37. The monoisotopic (exact) mass is 1130 g/mol. The molecule has 4 heteroatoms. The number of aliphatic hydroxyl groups excluding tert-OH is 2. The molecule has 82 heavy (non-hydrogen) atoms. The van der Waals surface area contributed by atoms with Gasteiger partial charge in [-0.05, 0) is 103 Å². The van der Waals surface area contributed by atoms with Crippen LogP contribution in [0.3, 0.4) is 0 Å². The molecular formula is C78H135NO3. The van der Waals surface area contributed by atoms with Crippen molar-refractivity contribution in [3.8, 4) is 0 Å². The molecule has 0 aliphatic carbocycles. The Labute approximate surface area is 511 Å². The fraction of sp³-hybridized carbons (Fsp3) is 0.705. The summed E-state index contributed by atoms with van der Waals surface area (Å²) in [5, 5.41) is 23.3. The molecule has 0 saturated heterocycles. The van der Waals surface area contributed by atoms with Gasteiger partial charge in [-0.2, -0.15) is 0 Å². The topological polar surface area (TPSA) is 69.6 Å². The maximum absolute atomic E-state index is 12.5. The molecule has 4 nitrogen and oxygen atoms in total. The van der Waals surface area contributed by atoms with Crippen LogP contribution in [-0.2, 0) is 4.79 Å². The molecule has 470 valence electrons. The lowest BCUT2D eigenvalue weighted by Gasteiger charge is -2.19. The van der Waals surface area contributed by atoms with Crippen molar-refractivity contribution in [3.63, 3.8) is 0 Å². The fourth-order valence-corrected chi connectivity index (χ4v) is 10.3. The summed E-state index contributed by atoms with van der Waals surface area (Å²) in [4.78, 5) is 12.5. The summed E-state index contributed by atoms with van der Waals surface area (Å²) < 4.78 is 0. The smallest absolute Gasteiger partial charge is 0.220 e. The summed E-state index contributed by atoms with van der Waals surface area (Å²) >= 11 is 0. The fourth-order valence-electron chi connectivity index (χ4n) is 10.3. The molecule has 0 bridgehead atoms. The minimum absolute atomic E-state index is 0.0762. The van der Waals surface area contributed by atoms with Crippen molar-refractivity contribution in [2.24, 2.45) is 0 Å². The van der Waals surface area contributed by atoms with Gasteiger partial charge in [0.15, 0.2) is 0 Å². The third-order valence-corrected chi connectivity index (χ3v) is 15.6. The minimum atomic E-state index is -0.872. The number of rotatable bonds is 64. The summed E-state index contributed by atoms with van der Waals surface area (Å²) in [6.07, 6.45) is 111. The van der Waals surface area contributed by atoms with Gasteiger partial charge in [0.25, 0.3) is 0 Å². The second kappa shape index (κ2) is 71.8. The Morgan fingerprint density at radius 1 is 0.305 bits per heavy atom. The minimum Gasteiger partial charge on any atom is -0.394 e. The number of amides is 1. The van der Waals surface area contributed by atoms with Crippen LogP contribution in [0, 0.1) is 0 Å². The first-order chi connectivity index (χ1) is 40.7. The molecule has 0 saturated carbocycles. The van der Waals surface area contributed by atoms with Crippen LogP contribution in [0.4, 0.5) is 0 Å². The van der Waals surface area contributed by atoms with Crippen molar-refractivity contribution in [1.82, 2.24) is 5.32 Å². The van der Waals surface area contributed by atoms with Gasteiger partial charge in [0.05, 0.1) is 18.8 Å². The Kier molecular flexibility index (Phi) is 68.8. The first-order valence-corrected chi connectivity index (χ1v) is 35.4. The van der Waals surface area contributed by atoms with Gasteiger partial charge in [-0.1, -0.05) is 359 Å². The molecule has 0 radical (unpaired) electrons. The largest absolute Gasteiger partial charge is 0.394 e. The lowest BCUT2D eigenvalue weighted by Crippen LogP contribution is -2.45. The first kappa shape index (κ1) is 78.5. The maximum Gasteiger partial charge on any atom is 0.220 e. The zero-order chi connectivity index (χ0) is 59.1. The predicted octanol–water partition coefficient (Wildman–Crippen LogP) is 24.5. The molecule has 0 aromatic rings. The van der Waals surface area contributed by atoms with Gasteiger partial charge < -0.3 is 15.5 Å². The Morgan fingerprint density at radius 2 is 0.549 bits per heavy atom. The van der Waals surface area contributed by atoms with Gasteiger partial charge in [-0.25, -0.2) is 0 Å². The molecule has 0 rings (SSSR count). The van der Waals surface area contributed by atoms with Crippen molar-refractivity contribution >= 4 is 5.91 Å². The van der Waals surface area contributed by atoms with Crippen LogP contribution in [0.1, 0.15) is 335 Å². The van der Waals surface area contributed by atoms with Crippen molar-refractivity contribution in [2.75, 3.05) is 6.61 Å².